The summed E-state index contributed by atoms with van der Waals surface area (Å²) in [6, 6.07) is 7.69. The van der Waals surface area contributed by atoms with Gasteiger partial charge in [0.2, 0.25) is 0 Å². The minimum Gasteiger partial charge on any atom is -0.307 e. The van der Waals surface area contributed by atoms with Crippen molar-refractivity contribution >= 4 is 23.5 Å². The summed E-state index contributed by atoms with van der Waals surface area (Å²) in [5.41, 5.74) is -0.103. The van der Waals surface area contributed by atoms with E-state index >= 15 is 0 Å². The minimum atomic E-state index is -0.395. The van der Waals surface area contributed by atoms with E-state index in [4.69, 9.17) is 0 Å². The lowest BCUT2D eigenvalue weighted by Crippen LogP contribution is -2.37. The highest BCUT2D eigenvalue weighted by molar-refractivity contribution is 7.80. The number of aromatic amines is 1. The van der Waals surface area contributed by atoms with Gasteiger partial charge in [0.05, 0.1) is 16.9 Å². The Morgan fingerprint density at radius 3 is 2.76 bits per heavy atom. The molecular formula is C12H13N2O2S. The summed E-state index contributed by atoms with van der Waals surface area (Å²) >= 11 is 4.10. The maximum absolute atomic E-state index is 12.2. The fraction of sp³-hybridized carbons (Fsp3) is 0.250. The zero-order valence-electron chi connectivity index (χ0n) is 9.43. The van der Waals surface area contributed by atoms with Gasteiger partial charge in [-0.25, -0.2) is 4.79 Å². The maximum atomic E-state index is 12.2. The molecule has 0 saturated carbocycles. The molecule has 1 aromatic heterocycles. The molecule has 2 rings (SSSR count). The Morgan fingerprint density at radius 1 is 1.35 bits per heavy atom. The van der Waals surface area contributed by atoms with Gasteiger partial charge in [-0.05, 0) is 31.2 Å². The van der Waals surface area contributed by atoms with Crippen molar-refractivity contribution in [3.8, 4) is 0 Å². The van der Waals surface area contributed by atoms with Crippen LogP contribution in [0.25, 0.3) is 10.9 Å². The molecule has 1 aromatic carbocycles. The molecule has 0 spiro atoms. The third kappa shape index (κ3) is 2.15. The third-order valence-corrected chi connectivity index (χ3v) is 2.88. The van der Waals surface area contributed by atoms with Gasteiger partial charge in [-0.2, -0.15) is 12.6 Å². The van der Waals surface area contributed by atoms with Crippen molar-refractivity contribution in [1.82, 2.24) is 9.55 Å². The van der Waals surface area contributed by atoms with E-state index in [0.717, 1.165) is 0 Å². The van der Waals surface area contributed by atoms with Gasteiger partial charge in [0, 0.05) is 0 Å². The Labute approximate surface area is 104 Å². The lowest BCUT2D eigenvalue weighted by Gasteiger charge is -2.12. The van der Waals surface area contributed by atoms with E-state index in [1.807, 2.05) is 0 Å². The van der Waals surface area contributed by atoms with Gasteiger partial charge in [0.15, 0.2) is 0 Å². The van der Waals surface area contributed by atoms with Crippen molar-refractivity contribution in [3.05, 3.63) is 51.1 Å². The average Bonchev–Trinajstić information content (AvgIpc) is 2.29. The van der Waals surface area contributed by atoms with Gasteiger partial charge >= 0.3 is 5.69 Å². The second kappa shape index (κ2) is 4.79. The number of fused-ring (bicyclic) bond motifs is 1. The van der Waals surface area contributed by atoms with E-state index in [1.165, 1.54) is 4.57 Å². The van der Waals surface area contributed by atoms with Crippen molar-refractivity contribution in [3.63, 3.8) is 0 Å². The average molecular weight is 249 g/mol. The van der Waals surface area contributed by atoms with Crippen LogP contribution >= 0.6 is 12.6 Å². The first-order valence-electron chi connectivity index (χ1n) is 5.33. The van der Waals surface area contributed by atoms with Crippen LogP contribution in [-0.4, -0.2) is 15.3 Å². The van der Waals surface area contributed by atoms with Gasteiger partial charge in [0.1, 0.15) is 0 Å². The van der Waals surface area contributed by atoms with Crippen molar-refractivity contribution in [2.75, 3.05) is 5.75 Å². The molecular weight excluding hydrogens is 236 g/mol. The number of rotatable bonds is 3. The topological polar surface area (TPSA) is 54.9 Å². The van der Waals surface area contributed by atoms with Gasteiger partial charge in [-0.1, -0.05) is 12.1 Å². The second-order valence-electron chi connectivity index (χ2n) is 3.83. The summed E-state index contributed by atoms with van der Waals surface area (Å²) in [6.07, 6.45) is 0.602. The van der Waals surface area contributed by atoms with Gasteiger partial charge in [-0.3, -0.25) is 9.36 Å². The van der Waals surface area contributed by atoms with Crippen LogP contribution in [0.5, 0.6) is 0 Å². The molecule has 0 atom stereocenters. The summed E-state index contributed by atoms with van der Waals surface area (Å²) in [7, 11) is 0. The highest BCUT2D eigenvalue weighted by atomic mass is 32.1. The molecule has 0 unspecified atom stereocenters. The molecule has 0 amide bonds. The number of thiol groups is 1. The zero-order valence-corrected chi connectivity index (χ0v) is 10.3. The van der Waals surface area contributed by atoms with E-state index in [2.05, 4.69) is 17.6 Å². The van der Waals surface area contributed by atoms with E-state index in [-0.39, 0.29) is 5.56 Å². The summed E-state index contributed by atoms with van der Waals surface area (Å²) in [6.45, 7) is 1.77. The fourth-order valence-corrected chi connectivity index (χ4v) is 2.11. The predicted octanol–water partition coefficient (Wildman–Crippen LogP) is 1.41. The summed E-state index contributed by atoms with van der Waals surface area (Å²) < 4.78 is 1.18. The number of nitrogens with one attached hydrogen (secondary N) is 1. The normalized spacial score (nSPS) is 11.2. The van der Waals surface area contributed by atoms with Crippen molar-refractivity contribution in [2.45, 2.75) is 13.3 Å². The molecule has 0 aliphatic carbocycles. The number of nitrogens with zero attached hydrogens (tertiary/aromatic N) is 1. The Balaban J connectivity index is 2.72. The highest BCUT2D eigenvalue weighted by Crippen LogP contribution is 2.08. The number of benzene rings is 1. The lowest BCUT2D eigenvalue weighted by atomic mass is 10.2. The quantitative estimate of drug-likeness (QED) is 0.808. The van der Waals surface area contributed by atoms with Crippen LogP contribution in [0.1, 0.15) is 13.3 Å². The molecule has 0 bridgehead atoms. The zero-order chi connectivity index (χ0) is 12.4. The summed E-state index contributed by atoms with van der Waals surface area (Å²) in [4.78, 5) is 26.7. The minimum absolute atomic E-state index is 0.274. The van der Waals surface area contributed by atoms with Crippen LogP contribution in [0.15, 0.2) is 33.9 Å². The molecule has 17 heavy (non-hydrogen) atoms. The molecule has 0 aliphatic rings. The Hall–Kier alpha value is -1.49. The van der Waals surface area contributed by atoms with E-state index < -0.39 is 5.69 Å². The molecule has 0 aliphatic heterocycles. The van der Waals surface area contributed by atoms with E-state index in [1.54, 1.807) is 31.2 Å². The van der Waals surface area contributed by atoms with Crippen molar-refractivity contribution < 1.29 is 0 Å². The Kier molecular flexibility index (Phi) is 3.38. The van der Waals surface area contributed by atoms with Crippen LogP contribution in [0.3, 0.4) is 0 Å². The van der Waals surface area contributed by atoms with Gasteiger partial charge in [-0.15, -0.1) is 0 Å². The fourth-order valence-electron chi connectivity index (χ4n) is 1.78. The van der Waals surface area contributed by atoms with Crippen LogP contribution in [0.2, 0.25) is 0 Å². The predicted molar refractivity (Wildman–Crippen MR) is 71.6 cm³/mol. The maximum Gasteiger partial charge on any atom is 0.329 e. The van der Waals surface area contributed by atoms with Gasteiger partial charge < -0.3 is 4.98 Å². The number of para-hydroxylation sites is 1. The van der Waals surface area contributed by atoms with E-state index in [0.29, 0.717) is 29.1 Å². The Morgan fingerprint density at radius 2 is 2.06 bits per heavy atom. The van der Waals surface area contributed by atoms with Crippen LogP contribution in [0.4, 0.5) is 0 Å². The van der Waals surface area contributed by atoms with Crippen molar-refractivity contribution in [2.24, 2.45) is 0 Å². The van der Waals surface area contributed by atoms with Gasteiger partial charge in [0.25, 0.3) is 5.56 Å². The molecule has 1 heterocycles. The molecule has 1 radical (unpaired) electrons. The standard InChI is InChI=1S/C12H13N2O2S/c1-8(6-7-17)14-11(15)9-4-2-3-5-10(9)13-12(14)16/h2-5,17H,6-7H2,1H3,(H,13,16). The number of aromatic nitrogens is 2. The molecule has 2 aromatic rings. The largest absolute Gasteiger partial charge is 0.329 e. The first-order valence-corrected chi connectivity index (χ1v) is 5.96. The smallest absolute Gasteiger partial charge is 0.307 e. The SMILES string of the molecule is C[C](CCS)n1c(=O)[nH]c2ccccc2c1=O. The first kappa shape index (κ1) is 12.0. The third-order valence-electron chi connectivity index (χ3n) is 2.66. The number of hydrogen-bond donors (Lipinski definition) is 2. The van der Waals surface area contributed by atoms with Crippen LogP contribution in [-0.2, 0) is 0 Å². The lowest BCUT2D eigenvalue weighted by molar-refractivity contribution is 0.681. The molecule has 5 heteroatoms. The Bertz CT molecular complexity index is 645. The van der Waals surface area contributed by atoms with Crippen LogP contribution in [0, 0.1) is 6.04 Å². The number of H-pyrrole nitrogens is 1. The monoisotopic (exact) mass is 249 g/mol. The molecule has 1 N–H and O–H groups in total. The highest BCUT2D eigenvalue weighted by Gasteiger charge is 2.13. The second-order valence-corrected chi connectivity index (χ2v) is 4.27. The van der Waals surface area contributed by atoms with Crippen molar-refractivity contribution in [1.29, 1.82) is 0 Å². The molecule has 0 saturated heterocycles. The summed E-state index contributed by atoms with van der Waals surface area (Å²) in [5.74, 6) is 0.602. The molecule has 0 fully saturated rings. The molecule has 89 valence electrons. The van der Waals surface area contributed by atoms with E-state index in [9.17, 15) is 9.59 Å². The summed E-state index contributed by atoms with van der Waals surface area (Å²) in [5, 5.41) is 0.519. The number of hydrogen-bond acceptors (Lipinski definition) is 3. The molecule has 4 nitrogen and oxygen atoms in total. The first-order chi connectivity index (χ1) is 8.15. The van der Waals surface area contributed by atoms with Crippen LogP contribution < -0.4 is 11.2 Å².